The number of nitrogens with two attached hydrogens (primary N) is 2. The van der Waals surface area contributed by atoms with E-state index in [0.29, 0.717) is 18.4 Å². The van der Waals surface area contributed by atoms with Crippen LogP contribution in [0.4, 0.5) is 17.5 Å². The molecule has 0 saturated heterocycles. The van der Waals surface area contributed by atoms with Crippen molar-refractivity contribution < 1.29 is 14.3 Å². The van der Waals surface area contributed by atoms with Gasteiger partial charge in [0.1, 0.15) is 17.9 Å². The minimum atomic E-state index is -0.774. The molecule has 10 heteroatoms. The standard InChI is InChI=1S/C19H21N7O3/c1-3-13(10-27)26(21)19-24-17(15(16(20)28)18(25-19)29-2)23-12-6-7-14-11(9-12)5-4-8-22-14/h4-10,13H,3,21H2,1-2H3,(H2,20,28)(H,23,24,25). The molecule has 0 radical (unpaired) electrons. The number of pyridine rings is 1. The summed E-state index contributed by atoms with van der Waals surface area (Å²) in [5.74, 6) is 5.31. The van der Waals surface area contributed by atoms with Gasteiger partial charge in [-0.3, -0.25) is 14.8 Å². The molecule has 3 rings (SSSR count). The number of anilines is 3. The van der Waals surface area contributed by atoms with Crippen molar-refractivity contribution in [2.24, 2.45) is 11.6 Å². The summed E-state index contributed by atoms with van der Waals surface area (Å²) >= 11 is 0. The van der Waals surface area contributed by atoms with E-state index in [0.717, 1.165) is 15.9 Å². The van der Waals surface area contributed by atoms with Crippen LogP contribution in [0, 0.1) is 0 Å². The first-order chi connectivity index (χ1) is 14.0. The number of methoxy groups -OCH3 is 1. The number of primary amides is 1. The Morgan fingerprint density at radius 2 is 2.14 bits per heavy atom. The Hall–Kier alpha value is -3.79. The van der Waals surface area contributed by atoms with Crippen molar-refractivity contribution in [3.05, 3.63) is 42.1 Å². The summed E-state index contributed by atoms with van der Waals surface area (Å²) in [6.45, 7) is 1.80. The fourth-order valence-electron chi connectivity index (χ4n) is 2.80. The number of ether oxygens (including phenoxy) is 1. The van der Waals surface area contributed by atoms with Gasteiger partial charge < -0.3 is 20.6 Å². The number of aromatic nitrogens is 3. The smallest absolute Gasteiger partial charge is 0.258 e. The van der Waals surface area contributed by atoms with Crippen molar-refractivity contribution in [1.29, 1.82) is 0 Å². The zero-order valence-electron chi connectivity index (χ0n) is 16.0. The Balaban J connectivity index is 2.09. The van der Waals surface area contributed by atoms with Gasteiger partial charge in [-0.25, -0.2) is 5.84 Å². The third-order valence-corrected chi connectivity index (χ3v) is 4.33. The Morgan fingerprint density at radius 3 is 2.79 bits per heavy atom. The molecule has 10 nitrogen and oxygen atoms in total. The molecule has 0 aliphatic rings. The Bertz CT molecular complexity index is 1060. The number of hydrogen-bond donors (Lipinski definition) is 3. The van der Waals surface area contributed by atoms with Crippen LogP contribution in [0.1, 0.15) is 23.7 Å². The number of nitrogens with one attached hydrogen (secondary N) is 1. The van der Waals surface area contributed by atoms with Crippen molar-refractivity contribution in [3.63, 3.8) is 0 Å². The van der Waals surface area contributed by atoms with Crippen molar-refractivity contribution in [1.82, 2.24) is 15.0 Å². The van der Waals surface area contributed by atoms with Crippen LogP contribution in [0.25, 0.3) is 10.9 Å². The molecule has 1 aromatic carbocycles. The summed E-state index contributed by atoms with van der Waals surface area (Å²) in [6.07, 6.45) is 2.85. The fraction of sp³-hybridized carbons (Fsp3) is 0.211. The van der Waals surface area contributed by atoms with Crippen LogP contribution >= 0.6 is 0 Å². The zero-order valence-corrected chi connectivity index (χ0v) is 16.0. The van der Waals surface area contributed by atoms with Gasteiger partial charge in [0.15, 0.2) is 5.82 Å². The van der Waals surface area contributed by atoms with Crippen LogP contribution in [0.5, 0.6) is 5.88 Å². The number of nitrogens with zero attached hydrogens (tertiary/aromatic N) is 4. The van der Waals surface area contributed by atoms with Gasteiger partial charge in [0.2, 0.25) is 11.8 Å². The van der Waals surface area contributed by atoms with Crippen molar-refractivity contribution in [2.45, 2.75) is 19.4 Å². The average molecular weight is 395 g/mol. The summed E-state index contributed by atoms with van der Waals surface area (Å²) in [7, 11) is 1.35. The predicted octanol–water partition coefficient (Wildman–Crippen LogP) is 1.53. The van der Waals surface area contributed by atoms with Crippen LogP contribution in [-0.2, 0) is 4.79 Å². The molecule has 0 spiro atoms. The number of fused-ring (bicyclic) bond motifs is 1. The predicted molar refractivity (Wildman–Crippen MR) is 109 cm³/mol. The first kappa shape index (κ1) is 20.0. The maximum Gasteiger partial charge on any atom is 0.258 e. The van der Waals surface area contributed by atoms with Crippen molar-refractivity contribution >= 4 is 40.5 Å². The molecule has 2 heterocycles. The number of carbonyl (C=O) groups is 2. The molecule has 5 N–H and O–H groups in total. The minimum absolute atomic E-state index is 0.00996. The first-order valence-electron chi connectivity index (χ1n) is 8.85. The largest absolute Gasteiger partial charge is 0.480 e. The SMILES string of the molecule is CCC(C=O)N(N)c1nc(Nc2ccc3ncccc3c2)c(C(N)=O)c(OC)n1. The van der Waals surface area contributed by atoms with E-state index in [2.05, 4.69) is 20.3 Å². The number of aldehydes is 1. The molecule has 1 atom stereocenters. The average Bonchev–Trinajstić information content (AvgIpc) is 2.73. The lowest BCUT2D eigenvalue weighted by atomic mass is 10.2. The van der Waals surface area contributed by atoms with Gasteiger partial charge in [-0.15, -0.1) is 0 Å². The molecule has 150 valence electrons. The Morgan fingerprint density at radius 1 is 1.34 bits per heavy atom. The van der Waals surface area contributed by atoms with E-state index >= 15 is 0 Å². The lowest BCUT2D eigenvalue weighted by molar-refractivity contribution is -0.109. The van der Waals surface area contributed by atoms with Crippen molar-refractivity contribution in [3.8, 4) is 5.88 Å². The molecule has 1 unspecified atom stereocenters. The highest BCUT2D eigenvalue weighted by Crippen LogP contribution is 2.29. The van der Waals surface area contributed by atoms with Gasteiger partial charge in [0, 0.05) is 17.3 Å². The topological polar surface area (TPSA) is 149 Å². The van der Waals surface area contributed by atoms with Gasteiger partial charge in [0.25, 0.3) is 5.91 Å². The maximum absolute atomic E-state index is 12.0. The Labute approximate surface area is 166 Å². The molecule has 0 saturated carbocycles. The third-order valence-electron chi connectivity index (χ3n) is 4.33. The second-order valence-electron chi connectivity index (χ2n) is 6.18. The van der Waals surface area contributed by atoms with Crippen LogP contribution in [0.2, 0.25) is 0 Å². The van der Waals surface area contributed by atoms with E-state index in [9.17, 15) is 9.59 Å². The summed E-state index contributed by atoms with van der Waals surface area (Å²) in [4.78, 5) is 36.1. The number of amides is 1. The quantitative estimate of drug-likeness (QED) is 0.293. The lowest BCUT2D eigenvalue weighted by Gasteiger charge is -2.23. The maximum atomic E-state index is 12.0. The van der Waals surface area contributed by atoms with E-state index in [1.165, 1.54) is 7.11 Å². The van der Waals surface area contributed by atoms with E-state index in [-0.39, 0.29) is 23.2 Å². The normalized spacial score (nSPS) is 11.7. The van der Waals surface area contributed by atoms with E-state index in [1.54, 1.807) is 19.2 Å². The lowest BCUT2D eigenvalue weighted by Crippen LogP contribution is -2.43. The van der Waals surface area contributed by atoms with Gasteiger partial charge >= 0.3 is 0 Å². The third kappa shape index (κ3) is 4.06. The molecule has 2 aromatic heterocycles. The summed E-state index contributed by atoms with van der Waals surface area (Å²) < 4.78 is 5.22. The molecule has 1 amide bonds. The number of benzene rings is 1. The summed E-state index contributed by atoms with van der Waals surface area (Å²) in [5.41, 5.74) is 6.95. The number of hydrazine groups is 1. The van der Waals surface area contributed by atoms with Crippen molar-refractivity contribution in [2.75, 3.05) is 17.4 Å². The molecular formula is C19H21N7O3. The molecule has 0 bridgehead atoms. The highest BCUT2D eigenvalue weighted by atomic mass is 16.5. The van der Waals surface area contributed by atoms with E-state index in [4.69, 9.17) is 16.3 Å². The van der Waals surface area contributed by atoms with Gasteiger partial charge in [-0.05, 0) is 30.7 Å². The highest BCUT2D eigenvalue weighted by Gasteiger charge is 2.24. The number of carbonyl (C=O) groups excluding carboxylic acids is 2. The molecular weight excluding hydrogens is 374 g/mol. The zero-order chi connectivity index (χ0) is 21.0. The van der Waals surface area contributed by atoms with Crippen LogP contribution in [-0.4, -0.2) is 40.3 Å². The Kier molecular flexibility index (Phi) is 5.84. The fourth-order valence-corrected chi connectivity index (χ4v) is 2.80. The second-order valence-corrected chi connectivity index (χ2v) is 6.18. The van der Waals surface area contributed by atoms with Crippen LogP contribution < -0.4 is 26.6 Å². The highest BCUT2D eigenvalue weighted by molar-refractivity contribution is 6.01. The molecule has 0 fully saturated rings. The van der Waals surface area contributed by atoms with E-state index in [1.807, 2.05) is 24.3 Å². The first-order valence-corrected chi connectivity index (χ1v) is 8.85. The molecule has 0 aliphatic carbocycles. The summed E-state index contributed by atoms with van der Waals surface area (Å²) in [6, 6.07) is 8.56. The molecule has 29 heavy (non-hydrogen) atoms. The van der Waals surface area contributed by atoms with Gasteiger partial charge in [0.05, 0.1) is 12.6 Å². The van der Waals surface area contributed by atoms with Crippen LogP contribution in [0.3, 0.4) is 0 Å². The second kappa shape index (κ2) is 8.48. The number of rotatable bonds is 8. The van der Waals surface area contributed by atoms with Gasteiger partial charge in [-0.1, -0.05) is 13.0 Å². The molecule has 0 aliphatic heterocycles. The molecule has 3 aromatic rings. The van der Waals surface area contributed by atoms with Gasteiger partial charge in [-0.2, -0.15) is 9.97 Å². The number of hydrogen-bond acceptors (Lipinski definition) is 9. The van der Waals surface area contributed by atoms with E-state index < -0.39 is 11.9 Å². The summed E-state index contributed by atoms with van der Waals surface area (Å²) in [5, 5.41) is 5.08. The monoisotopic (exact) mass is 395 g/mol. The minimum Gasteiger partial charge on any atom is -0.480 e. The van der Waals surface area contributed by atoms with Crippen LogP contribution in [0.15, 0.2) is 36.5 Å².